The van der Waals surface area contributed by atoms with E-state index in [4.69, 9.17) is 5.73 Å². The summed E-state index contributed by atoms with van der Waals surface area (Å²) >= 11 is 0. The summed E-state index contributed by atoms with van der Waals surface area (Å²) in [4.78, 5) is 18.5. The second-order valence-corrected chi connectivity index (χ2v) is 5.44. The van der Waals surface area contributed by atoms with Gasteiger partial charge in [-0.05, 0) is 41.8 Å². The number of carbonyl (C=O) groups is 1. The second kappa shape index (κ2) is 11.7. The third kappa shape index (κ3) is 7.20. The first-order valence-corrected chi connectivity index (χ1v) is 7.70. The van der Waals surface area contributed by atoms with E-state index in [-0.39, 0.29) is 30.7 Å². The van der Waals surface area contributed by atoms with Gasteiger partial charge in [0.25, 0.3) is 0 Å². The summed E-state index contributed by atoms with van der Waals surface area (Å²) < 4.78 is 0. The van der Waals surface area contributed by atoms with Crippen molar-refractivity contribution in [1.29, 1.82) is 0 Å². The number of benzene rings is 1. The predicted octanol–water partition coefficient (Wildman–Crippen LogP) is 3.88. The quantitative estimate of drug-likeness (QED) is 0.753. The Balaban J connectivity index is 0.00000264. The van der Waals surface area contributed by atoms with Gasteiger partial charge in [-0.1, -0.05) is 25.5 Å². The number of carbonyl (C=O) groups excluding carboxylic acids is 1. The maximum Gasteiger partial charge on any atom is 0.227 e. The molecule has 2 rings (SSSR count). The van der Waals surface area contributed by atoms with Gasteiger partial charge in [-0.15, -0.1) is 24.8 Å². The number of hydrogen-bond acceptors (Lipinski definition) is 3. The highest BCUT2D eigenvalue weighted by atomic mass is 35.5. The number of anilines is 1. The molecule has 0 aliphatic heterocycles. The van der Waals surface area contributed by atoms with Gasteiger partial charge in [0.1, 0.15) is 0 Å². The fraction of sp³-hybridized carbons (Fsp3) is 0.333. The van der Waals surface area contributed by atoms with Crippen LogP contribution in [-0.4, -0.2) is 22.3 Å². The largest absolute Gasteiger partial charge is 0.399 e. The Morgan fingerprint density at radius 1 is 1.04 bits per heavy atom. The monoisotopic (exact) mass is 369 g/mol. The smallest absolute Gasteiger partial charge is 0.227 e. The topological polar surface area (TPSA) is 59.2 Å². The fourth-order valence-corrected chi connectivity index (χ4v) is 2.27. The second-order valence-electron chi connectivity index (χ2n) is 5.44. The van der Waals surface area contributed by atoms with Gasteiger partial charge in [0.05, 0.1) is 6.42 Å². The summed E-state index contributed by atoms with van der Waals surface area (Å²) in [5.41, 5.74) is 8.51. The minimum Gasteiger partial charge on any atom is -0.399 e. The van der Waals surface area contributed by atoms with Gasteiger partial charge < -0.3 is 10.6 Å². The van der Waals surface area contributed by atoms with E-state index in [0.717, 1.165) is 36.2 Å². The molecule has 2 aromatic rings. The van der Waals surface area contributed by atoms with Gasteiger partial charge in [0, 0.05) is 31.2 Å². The first-order valence-electron chi connectivity index (χ1n) is 7.70. The normalized spacial score (nSPS) is 9.54. The molecule has 2 N–H and O–H groups in total. The highest BCUT2D eigenvalue weighted by Gasteiger charge is 2.14. The molecule has 0 aliphatic carbocycles. The van der Waals surface area contributed by atoms with E-state index in [1.807, 2.05) is 41.3 Å². The van der Waals surface area contributed by atoms with E-state index in [1.54, 1.807) is 12.4 Å². The Kier molecular flexibility index (Phi) is 10.8. The number of unbranched alkanes of at least 4 members (excludes halogenated alkanes) is 1. The van der Waals surface area contributed by atoms with Gasteiger partial charge in [0.15, 0.2) is 0 Å². The molecule has 1 amide bonds. The number of nitrogens with zero attached hydrogens (tertiary/aromatic N) is 2. The number of hydrogen-bond donors (Lipinski definition) is 1. The van der Waals surface area contributed by atoms with Gasteiger partial charge in [0.2, 0.25) is 5.91 Å². The van der Waals surface area contributed by atoms with Crippen LogP contribution in [-0.2, 0) is 17.8 Å². The van der Waals surface area contributed by atoms with Crippen LogP contribution in [0.4, 0.5) is 5.69 Å². The fourth-order valence-electron chi connectivity index (χ4n) is 2.27. The molecule has 132 valence electrons. The van der Waals surface area contributed by atoms with E-state index >= 15 is 0 Å². The molecule has 0 saturated heterocycles. The Hall–Kier alpha value is -1.78. The van der Waals surface area contributed by atoms with Crippen LogP contribution in [0.15, 0.2) is 48.8 Å². The van der Waals surface area contributed by atoms with Gasteiger partial charge in [-0.3, -0.25) is 9.78 Å². The molecule has 0 saturated carbocycles. The van der Waals surface area contributed by atoms with Gasteiger partial charge >= 0.3 is 0 Å². The SMILES string of the molecule is CCCCN(Cc1ccncc1)C(=O)Cc1ccc(N)cc1.Cl.Cl. The lowest BCUT2D eigenvalue weighted by molar-refractivity contribution is -0.131. The van der Waals surface area contributed by atoms with Crippen molar-refractivity contribution in [2.24, 2.45) is 0 Å². The number of halogens is 2. The van der Waals surface area contributed by atoms with Gasteiger partial charge in [-0.25, -0.2) is 0 Å². The standard InChI is InChI=1S/C18H23N3O.2ClH/c1-2-3-12-21(14-16-8-10-20-11-9-16)18(22)13-15-4-6-17(19)7-5-15;;/h4-11H,2-3,12-14,19H2,1H3;2*1H. The molecule has 0 fully saturated rings. The lowest BCUT2D eigenvalue weighted by Crippen LogP contribution is -2.32. The molecule has 6 heteroatoms. The van der Waals surface area contributed by atoms with E-state index < -0.39 is 0 Å². The third-order valence-electron chi connectivity index (χ3n) is 3.59. The van der Waals surface area contributed by atoms with Crippen LogP contribution in [0.3, 0.4) is 0 Å². The molecule has 0 unspecified atom stereocenters. The number of nitrogens with two attached hydrogens (primary N) is 1. The highest BCUT2D eigenvalue weighted by Crippen LogP contribution is 2.11. The predicted molar refractivity (Wildman–Crippen MR) is 104 cm³/mol. The van der Waals surface area contributed by atoms with E-state index in [0.29, 0.717) is 13.0 Å². The Morgan fingerprint density at radius 3 is 2.25 bits per heavy atom. The molecule has 1 aromatic carbocycles. The summed E-state index contributed by atoms with van der Waals surface area (Å²) in [6, 6.07) is 11.4. The Morgan fingerprint density at radius 2 is 1.67 bits per heavy atom. The van der Waals surface area contributed by atoms with Crippen molar-refractivity contribution in [3.8, 4) is 0 Å². The molecule has 24 heavy (non-hydrogen) atoms. The van der Waals surface area contributed by atoms with Crippen LogP contribution in [0.25, 0.3) is 0 Å². The maximum atomic E-state index is 12.6. The molecule has 0 aliphatic rings. The molecular weight excluding hydrogens is 345 g/mol. The molecule has 1 aromatic heterocycles. The summed E-state index contributed by atoms with van der Waals surface area (Å²) in [5, 5.41) is 0. The first-order chi connectivity index (χ1) is 10.7. The minimum absolute atomic E-state index is 0. The third-order valence-corrected chi connectivity index (χ3v) is 3.59. The van der Waals surface area contributed by atoms with Crippen molar-refractivity contribution in [3.05, 3.63) is 59.9 Å². The van der Waals surface area contributed by atoms with Crippen LogP contribution in [0, 0.1) is 0 Å². The molecule has 0 bridgehead atoms. The number of nitrogen functional groups attached to an aromatic ring is 1. The average molecular weight is 370 g/mol. The summed E-state index contributed by atoms with van der Waals surface area (Å²) in [7, 11) is 0. The molecule has 4 nitrogen and oxygen atoms in total. The zero-order chi connectivity index (χ0) is 15.8. The lowest BCUT2D eigenvalue weighted by atomic mass is 10.1. The van der Waals surface area contributed by atoms with Crippen molar-refractivity contribution in [2.75, 3.05) is 12.3 Å². The number of rotatable bonds is 7. The number of aromatic nitrogens is 1. The van der Waals surface area contributed by atoms with Crippen molar-refractivity contribution >= 4 is 36.4 Å². The van der Waals surface area contributed by atoms with Crippen molar-refractivity contribution in [2.45, 2.75) is 32.7 Å². The number of pyridine rings is 1. The van der Waals surface area contributed by atoms with Gasteiger partial charge in [-0.2, -0.15) is 0 Å². The van der Waals surface area contributed by atoms with Crippen LogP contribution in [0.2, 0.25) is 0 Å². The minimum atomic E-state index is 0. The zero-order valence-electron chi connectivity index (χ0n) is 13.9. The molecular formula is C18H25Cl2N3O. The summed E-state index contributed by atoms with van der Waals surface area (Å²) in [6.45, 7) is 3.55. The molecule has 0 atom stereocenters. The van der Waals surface area contributed by atoms with Crippen molar-refractivity contribution < 1.29 is 4.79 Å². The highest BCUT2D eigenvalue weighted by molar-refractivity contribution is 5.85. The average Bonchev–Trinajstić information content (AvgIpc) is 2.54. The van der Waals surface area contributed by atoms with Crippen LogP contribution >= 0.6 is 24.8 Å². The molecule has 1 heterocycles. The zero-order valence-corrected chi connectivity index (χ0v) is 15.5. The van der Waals surface area contributed by atoms with Crippen LogP contribution in [0.1, 0.15) is 30.9 Å². The molecule has 0 radical (unpaired) electrons. The lowest BCUT2D eigenvalue weighted by Gasteiger charge is -2.23. The van der Waals surface area contributed by atoms with E-state index in [1.165, 1.54) is 0 Å². The van der Waals surface area contributed by atoms with Crippen molar-refractivity contribution in [1.82, 2.24) is 9.88 Å². The first kappa shape index (κ1) is 22.2. The summed E-state index contributed by atoms with van der Waals surface area (Å²) in [5.74, 6) is 0.148. The van der Waals surface area contributed by atoms with E-state index in [9.17, 15) is 4.79 Å². The number of amides is 1. The van der Waals surface area contributed by atoms with Crippen LogP contribution < -0.4 is 5.73 Å². The van der Waals surface area contributed by atoms with E-state index in [2.05, 4.69) is 11.9 Å². The molecule has 0 spiro atoms. The Bertz CT molecular complexity index is 591. The van der Waals surface area contributed by atoms with Crippen molar-refractivity contribution in [3.63, 3.8) is 0 Å². The van der Waals surface area contributed by atoms with Crippen LogP contribution in [0.5, 0.6) is 0 Å². The summed E-state index contributed by atoms with van der Waals surface area (Å²) in [6.07, 6.45) is 6.02. The Labute approximate surface area is 156 Å². The maximum absolute atomic E-state index is 12.6.